The normalized spacial score (nSPS) is 11.8. The molecule has 0 bridgehead atoms. The monoisotopic (exact) mass is 447 g/mol. The fourth-order valence-corrected chi connectivity index (χ4v) is 3.38. The number of ether oxygens (including phenoxy) is 1. The van der Waals surface area contributed by atoms with Gasteiger partial charge in [0.25, 0.3) is 5.91 Å². The van der Waals surface area contributed by atoms with Crippen LogP contribution in [0.25, 0.3) is 0 Å². The van der Waals surface area contributed by atoms with Crippen molar-refractivity contribution in [2.24, 2.45) is 0 Å². The molecule has 2 aromatic carbocycles. The van der Waals surface area contributed by atoms with E-state index in [4.69, 9.17) is 20.8 Å². The van der Waals surface area contributed by atoms with Gasteiger partial charge in [0.1, 0.15) is 18.1 Å². The second kappa shape index (κ2) is 9.11. The zero-order valence-electron chi connectivity index (χ0n) is 14.7. The van der Waals surface area contributed by atoms with Gasteiger partial charge in [-0.3, -0.25) is 4.79 Å². The van der Waals surface area contributed by atoms with Gasteiger partial charge < -0.3 is 14.5 Å². The zero-order valence-corrected chi connectivity index (χ0v) is 17.1. The predicted molar refractivity (Wildman–Crippen MR) is 109 cm³/mol. The van der Waals surface area contributed by atoms with Gasteiger partial charge in [-0.05, 0) is 42.3 Å². The minimum absolute atomic E-state index is 0.0647. The summed E-state index contributed by atoms with van der Waals surface area (Å²) in [7, 11) is 0. The first-order chi connectivity index (χ1) is 13.1. The van der Waals surface area contributed by atoms with Gasteiger partial charge in [0.05, 0.1) is 11.1 Å². The Morgan fingerprint density at radius 2 is 1.96 bits per heavy atom. The Bertz CT molecular complexity index is 911. The van der Waals surface area contributed by atoms with Crippen LogP contribution in [-0.4, -0.2) is 5.91 Å². The van der Waals surface area contributed by atoms with E-state index in [9.17, 15) is 4.79 Å². The first-order valence-electron chi connectivity index (χ1n) is 8.59. The van der Waals surface area contributed by atoms with Gasteiger partial charge >= 0.3 is 0 Å². The fraction of sp³-hybridized carbons (Fsp3) is 0.190. The van der Waals surface area contributed by atoms with E-state index in [1.807, 2.05) is 43.3 Å². The Balaban J connectivity index is 1.61. The number of furan rings is 1. The number of benzene rings is 2. The molecular weight excluding hydrogens is 430 g/mol. The summed E-state index contributed by atoms with van der Waals surface area (Å²) in [4.78, 5) is 12.5. The van der Waals surface area contributed by atoms with Crippen LogP contribution < -0.4 is 10.1 Å². The van der Waals surface area contributed by atoms with Crippen molar-refractivity contribution in [2.45, 2.75) is 26.0 Å². The third-order valence-corrected chi connectivity index (χ3v) is 4.85. The molecule has 0 radical (unpaired) electrons. The number of hydrogen-bond acceptors (Lipinski definition) is 3. The molecule has 1 N–H and O–H groups in total. The molecule has 1 aromatic heterocycles. The highest BCUT2D eigenvalue weighted by molar-refractivity contribution is 9.10. The lowest BCUT2D eigenvalue weighted by molar-refractivity contribution is 0.0903. The Hall–Kier alpha value is -2.24. The summed E-state index contributed by atoms with van der Waals surface area (Å²) in [5.74, 6) is 1.10. The first-order valence-corrected chi connectivity index (χ1v) is 9.76. The van der Waals surface area contributed by atoms with Crippen LogP contribution in [0.1, 0.15) is 41.3 Å². The van der Waals surface area contributed by atoms with Crippen LogP contribution in [0.15, 0.2) is 69.6 Å². The summed E-state index contributed by atoms with van der Waals surface area (Å²) >= 11 is 9.48. The molecule has 0 spiro atoms. The Morgan fingerprint density at radius 3 is 2.67 bits per heavy atom. The maximum Gasteiger partial charge on any atom is 0.287 e. The van der Waals surface area contributed by atoms with Crippen LogP contribution >= 0.6 is 27.5 Å². The molecule has 4 nitrogen and oxygen atoms in total. The van der Waals surface area contributed by atoms with Crippen molar-refractivity contribution in [1.82, 2.24) is 5.32 Å². The number of halogens is 2. The Kier molecular flexibility index (Phi) is 6.58. The van der Waals surface area contributed by atoms with Crippen molar-refractivity contribution < 1.29 is 13.9 Å². The molecule has 3 aromatic rings. The molecule has 0 aliphatic rings. The number of nitrogens with one attached hydrogen (secondary N) is 1. The van der Waals surface area contributed by atoms with E-state index in [0.717, 1.165) is 16.5 Å². The average molecular weight is 449 g/mol. The molecule has 140 valence electrons. The maximum atomic E-state index is 12.5. The van der Waals surface area contributed by atoms with Crippen LogP contribution in [0.4, 0.5) is 0 Å². The van der Waals surface area contributed by atoms with Crippen molar-refractivity contribution in [1.29, 1.82) is 0 Å². The van der Waals surface area contributed by atoms with Crippen LogP contribution in [-0.2, 0) is 6.61 Å². The Morgan fingerprint density at radius 1 is 1.19 bits per heavy atom. The third kappa shape index (κ3) is 5.15. The SMILES string of the molecule is CCC(NC(=O)c1ccc(COc2ccc(Br)cc2Cl)o1)c1ccccc1. The van der Waals surface area contributed by atoms with Gasteiger partial charge in [-0.15, -0.1) is 0 Å². The van der Waals surface area contributed by atoms with Crippen molar-refractivity contribution in [3.8, 4) is 5.75 Å². The van der Waals surface area contributed by atoms with E-state index in [1.54, 1.807) is 24.3 Å². The van der Waals surface area contributed by atoms with Gasteiger partial charge in [-0.1, -0.05) is 64.8 Å². The van der Waals surface area contributed by atoms with Crippen molar-refractivity contribution >= 4 is 33.4 Å². The number of hydrogen-bond donors (Lipinski definition) is 1. The number of amides is 1. The summed E-state index contributed by atoms with van der Waals surface area (Å²) in [6, 6.07) is 18.5. The molecule has 0 saturated heterocycles. The second-order valence-corrected chi connectivity index (χ2v) is 7.30. The van der Waals surface area contributed by atoms with Gasteiger partial charge in [0, 0.05) is 4.47 Å². The lowest BCUT2D eigenvalue weighted by Gasteiger charge is -2.16. The number of carbonyl (C=O) groups excluding carboxylic acids is 1. The second-order valence-electron chi connectivity index (χ2n) is 5.97. The van der Waals surface area contributed by atoms with Gasteiger partial charge in [0.15, 0.2) is 5.76 Å². The molecule has 0 aliphatic carbocycles. The van der Waals surface area contributed by atoms with Crippen molar-refractivity contribution in [3.05, 3.63) is 87.2 Å². The van der Waals surface area contributed by atoms with Gasteiger partial charge in [0.2, 0.25) is 0 Å². The summed E-state index contributed by atoms with van der Waals surface area (Å²) in [5, 5.41) is 3.50. The molecule has 0 aliphatic heterocycles. The van der Waals surface area contributed by atoms with Crippen LogP contribution in [0, 0.1) is 0 Å². The fourth-order valence-electron chi connectivity index (χ4n) is 2.65. The standard InChI is InChI=1S/C21H19BrClNO3/c1-2-18(14-6-4-3-5-7-14)24-21(25)20-11-9-16(27-20)13-26-19-10-8-15(22)12-17(19)23/h3-12,18H,2,13H2,1H3,(H,24,25). The van der Waals surface area contributed by atoms with E-state index < -0.39 is 0 Å². The summed E-state index contributed by atoms with van der Waals surface area (Å²) in [6.45, 7) is 2.21. The Labute approximate surface area is 171 Å². The summed E-state index contributed by atoms with van der Waals surface area (Å²) in [6.07, 6.45) is 0.786. The van der Waals surface area contributed by atoms with E-state index >= 15 is 0 Å². The molecule has 1 atom stereocenters. The highest BCUT2D eigenvalue weighted by Gasteiger charge is 2.17. The van der Waals surface area contributed by atoms with Crippen molar-refractivity contribution in [2.75, 3.05) is 0 Å². The molecule has 0 fully saturated rings. The summed E-state index contributed by atoms with van der Waals surface area (Å²) in [5.41, 5.74) is 1.06. The molecule has 1 amide bonds. The van der Waals surface area contributed by atoms with Crippen LogP contribution in [0.5, 0.6) is 5.75 Å². The molecular formula is C21H19BrClNO3. The predicted octanol–water partition coefficient (Wildman–Crippen LogP) is 6.16. The smallest absolute Gasteiger partial charge is 0.287 e. The maximum absolute atomic E-state index is 12.5. The minimum Gasteiger partial charge on any atom is -0.484 e. The minimum atomic E-state index is -0.251. The molecule has 6 heteroatoms. The van der Waals surface area contributed by atoms with Gasteiger partial charge in [-0.2, -0.15) is 0 Å². The topological polar surface area (TPSA) is 51.5 Å². The van der Waals surface area contributed by atoms with Crippen molar-refractivity contribution in [3.63, 3.8) is 0 Å². The van der Waals surface area contributed by atoms with E-state index in [2.05, 4.69) is 21.2 Å². The number of carbonyl (C=O) groups is 1. The molecule has 3 rings (SSSR count). The van der Waals surface area contributed by atoms with E-state index in [0.29, 0.717) is 16.5 Å². The quantitative estimate of drug-likeness (QED) is 0.471. The highest BCUT2D eigenvalue weighted by Crippen LogP contribution is 2.28. The zero-order chi connectivity index (χ0) is 19.2. The lowest BCUT2D eigenvalue weighted by Crippen LogP contribution is -2.27. The third-order valence-electron chi connectivity index (χ3n) is 4.06. The molecule has 27 heavy (non-hydrogen) atoms. The van der Waals surface area contributed by atoms with Crippen LogP contribution in [0.3, 0.4) is 0 Å². The van der Waals surface area contributed by atoms with E-state index in [-0.39, 0.29) is 24.3 Å². The van der Waals surface area contributed by atoms with E-state index in [1.165, 1.54) is 0 Å². The van der Waals surface area contributed by atoms with Crippen LogP contribution in [0.2, 0.25) is 5.02 Å². The molecule has 1 unspecified atom stereocenters. The molecule has 0 saturated carbocycles. The lowest BCUT2D eigenvalue weighted by atomic mass is 10.0. The largest absolute Gasteiger partial charge is 0.484 e. The highest BCUT2D eigenvalue weighted by atomic mass is 79.9. The summed E-state index contributed by atoms with van der Waals surface area (Å²) < 4.78 is 12.2. The van der Waals surface area contributed by atoms with Gasteiger partial charge in [-0.25, -0.2) is 0 Å². The first kappa shape index (κ1) is 19.5. The number of rotatable bonds is 7. The molecule has 1 heterocycles. The average Bonchev–Trinajstić information content (AvgIpc) is 3.15.